The Morgan fingerprint density at radius 1 is 1.29 bits per heavy atom. The average molecular weight is 234 g/mol. The molecule has 0 aromatic heterocycles. The maximum atomic E-state index is 5.92. The molecule has 2 N–H and O–H groups in total. The SMILES string of the molecule is CC(C)(CON)c1ccc(Cl)c(Cl)c1. The number of hydrogen-bond donors (Lipinski definition) is 1. The highest BCUT2D eigenvalue weighted by atomic mass is 35.5. The third-order valence-corrected chi connectivity index (χ3v) is 2.88. The molecule has 1 aromatic carbocycles. The van der Waals surface area contributed by atoms with Crippen molar-refractivity contribution in [2.75, 3.05) is 6.61 Å². The Balaban J connectivity index is 3.01. The first-order valence-corrected chi connectivity index (χ1v) is 5.00. The lowest BCUT2D eigenvalue weighted by Crippen LogP contribution is -2.26. The van der Waals surface area contributed by atoms with Gasteiger partial charge in [-0.2, -0.15) is 0 Å². The molecule has 0 unspecified atom stereocenters. The predicted molar refractivity (Wildman–Crippen MR) is 59.6 cm³/mol. The van der Waals surface area contributed by atoms with E-state index in [1.165, 1.54) is 0 Å². The maximum absolute atomic E-state index is 5.92. The molecule has 1 rings (SSSR count). The van der Waals surface area contributed by atoms with E-state index in [4.69, 9.17) is 29.1 Å². The molecule has 0 aliphatic carbocycles. The topological polar surface area (TPSA) is 35.2 Å². The van der Waals surface area contributed by atoms with Gasteiger partial charge in [-0.3, -0.25) is 0 Å². The molecule has 0 heterocycles. The van der Waals surface area contributed by atoms with Crippen LogP contribution in [0.3, 0.4) is 0 Å². The summed E-state index contributed by atoms with van der Waals surface area (Å²) in [7, 11) is 0. The van der Waals surface area contributed by atoms with Crippen LogP contribution in [0.25, 0.3) is 0 Å². The molecule has 0 bridgehead atoms. The molecule has 0 aliphatic heterocycles. The summed E-state index contributed by atoms with van der Waals surface area (Å²) in [5.41, 5.74) is 0.889. The van der Waals surface area contributed by atoms with Gasteiger partial charge >= 0.3 is 0 Å². The van der Waals surface area contributed by atoms with E-state index in [1.807, 2.05) is 26.0 Å². The van der Waals surface area contributed by atoms with Crippen molar-refractivity contribution in [3.8, 4) is 0 Å². The van der Waals surface area contributed by atoms with Gasteiger partial charge in [-0.25, -0.2) is 5.90 Å². The lowest BCUT2D eigenvalue weighted by Gasteiger charge is -2.23. The zero-order chi connectivity index (χ0) is 10.8. The summed E-state index contributed by atoms with van der Waals surface area (Å²) in [6, 6.07) is 5.54. The van der Waals surface area contributed by atoms with Crippen molar-refractivity contribution in [1.29, 1.82) is 0 Å². The molecule has 1 aromatic rings. The van der Waals surface area contributed by atoms with Crippen molar-refractivity contribution in [1.82, 2.24) is 0 Å². The van der Waals surface area contributed by atoms with Crippen LogP contribution in [-0.4, -0.2) is 6.61 Å². The van der Waals surface area contributed by atoms with Crippen molar-refractivity contribution in [2.45, 2.75) is 19.3 Å². The van der Waals surface area contributed by atoms with Gasteiger partial charge in [-0.15, -0.1) is 0 Å². The van der Waals surface area contributed by atoms with Gasteiger partial charge in [-0.1, -0.05) is 43.1 Å². The average Bonchev–Trinajstić information content (AvgIpc) is 2.09. The molecule has 0 aliphatic rings. The van der Waals surface area contributed by atoms with Crippen LogP contribution in [0.5, 0.6) is 0 Å². The first-order chi connectivity index (χ1) is 6.47. The molecule has 0 atom stereocenters. The van der Waals surface area contributed by atoms with Gasteiger partial charge in [0.05, 0.1) is 16.7 Å². The minimum absolute atomic E-state index is 0.164. The summed E-state index contributed by atoms with van der Waals surface area (Å²) in [6.07, 6.45) is 0. The van der Waals surface area contributed by atoms with E-state index in [-0.39, 0.29) is 5.41 Å². The number of halogens is 2. The Kier molecular flexibility index (Phi) is 3.78. The van der Waals surface area contributed by atoms with E-state index in [0.29, 0.717) is 16.7 Å². The van der Waals surface area contributed by atoms with Crippen molar-refractivity contribution in [3.63, 3.8) is 0 Å². The van der Waals surface area contributed by atoms with Crippen LogP contribution in [0.2, 0.25) is 10.0 Å². The molecule has 0 saturated carbocycles. The molecule has 0 spiro atoms. The molecule has 0 amide bonds. The smallest absolute Gasteiger partial charge is 0.0770 e. The van der Waals surface area contributed by atoms with Crippen LogP contribution in [0.15, 0.2) is 18.2 Å². The Morgan fingerprint density at radius 2 is 1.93 bits per heavy atom. The molecule has 0 fully saturated rings. The van der Waals surface area contributed by atoms with E-state index >= 15 is 0 Å². The molecule has 2 nitrogen and oxygen atoms in total. The Morgan fingerprint density at radius 3 is 2.43 bits per heavy atom. The minimum Gasteiger partial charge on any atom is -0.304 e. The van der Waals surface area contributed by atoms with E-state index < -0.39 is 0 Å². The van der Waals surface area contributed by atoms with Crippen LogP contribution in [0.4, 0.5) is 0 Å². The Hall–Kier alpha value is -0.280. The quantitative estimate of drug-likeness (QED) is 0.815. The highest BCUT2D eigenvalue weighted by Gasteiger charge is 2.21. The molecular formula is C10H13Cl2NO. The molecule has 0 radical (unpaired) electrons. The van der Waals surface area contributed by atoms with Gasteiger partial charge in [-0.05, 0) is 17.7 Å². The zero-order valence-electron chi connectivity index (χ0n) is 8.18. The number of benzene rings is 1. The number of rotatable bonds is 3. The standard InChI is InChI=1S/C10H13Cl2NO/c1-10(2,6-14-13)7-3-4-8(11)9(12)5-7/h3-5H,6,13H2,1-2H3. The fourth-order valence-corrected chi connectivity index (χ4v) is 1.51. The van der Waals surface area contributed by atoms with Crippen LogP contribution in [0, 0.1) is 0 Å². The fraction of sp³-hybridized carbons (Fsp3) is 0.400. The Labute approximate surface area is 93.9 Å². The largest absolute Gasteiger partial charge is 0.304 e. The second-order valence-electron chi connectivity index (χ2n) is 3.82. The van der Waals surface area contributed by atoms with Crippen molar-refractivity contribution < 1.29 is 4.84 Å². The summed E-state index contributed by atoms with van der Waals surface area (Å²) >= 11 is 11.7. The van der Waals surface area contributed by atoms with Crippen molar-refractivity contribution in [2.24, 2.45) is 5.90 Å². The van der Waals surface area contributed by atoms with Crippen LogP contribution < -0.4 is 5.90 Å². The van der Waals surface area contributed by atoms with E-state index in [2.05, 4.69) is 4.84 Å². The van der Waals surface area contributed by atoms with Gasteiger partial charge in [0, 0.05) is 5.41 Å². The maximum Gasteiger partial charge on any atom is 0.0770 e. The van der Waals surface area contributed by atoms with Crippen LogP contribution in [0.1, 0.15) is 19.4 Å². The molecular weight excluding hydrogens is 221 g/mol. The first kappa shape index (κ1) is 11.8. The molecule has 78 valence electrons. The van der Waals surface area contributed by atoms with Crippen LogP contribution >= 0.6 is 23.2 Å². The molecule has 14 heavy (non-hydrogen) atoms. The van der Waals surface area contributed by atoms with Crippen LogP contribution in [-0.2, 0) is 10.3 Å². The van der Waals surface area contributed by atoms with Crippen molar-refractivity contribution in [3.05, 3.63) is 33.8 Å². The summed E-state index contributed by atoms with van der Waals surface area (Å²) in [5, 5.41) is 1.11. The summed E-state index contributed by atoms with van der Waals surface area (Å²) in [6.45, 7) is 4.49. The second kappa shape index (κ2) is 4.49. The monoisotopic (exact) mass is 233 g/mol. The minimum atomic E-state index is -0.164. The number of nitrogens with two attached hydrogens (primary N) is 1. The van der Waals surface area contributed by atoms with Gasteiger partial charge in [0.1, 0.15) is 0 Å². The van der Waals surface area contributed by atoms with Gasteiger partial charge in [0.2, 0.25) is 0 Å². The second-order valence-corrected chi connectivity index (χ2v) is 4.64. The van der Waals surface area contributed by atoms with Gasteiger partial charge in [0.15, 0.2) is 0 Å². The fourth-order valence-electron chi connectivity index (χ4n) is 1.21. The first-order valence-electron chi connectivity index (χ1n) is 4.24. The lowest BCUT2D eigenvalue weighted by molar-refractivity contribution is 0.0964. The summed E-state index contributed by atoms with van der Waals surface area (Å²) in [4.78, 5) is 4.66. The highest BCUT2D eigenvalue weighted by molar-refractivity contribution is 6.42. The van der Waals surface area contributed by atoms with Gasteiger partial charge < -0.3 is 4.84 Å². The number of hydrogen-bond acceptors (Lipinski definition) is 2. The highest BCUT2D eigenvalue weighted by Crippen LogP contribution is 2.29. The van der Waals surface area contributed by atoms with Crippen molar-refractivity contribution >= 4 is 23.2 Å². The van der Waals surface area contributed by atoms with Gasteiger partial charge in [0.25, 0.3) is 0 Å². The molecule has 0 saturated heterocycles. The Bertz CT molecular complexity index is 326. The zero-order valence-corrected chi connectivity index (χ0v) is 9.69. The third kappa shape index (κ3) is 2.61. The van der Waals surface area contributed by atoms with E-state index in [9.17, 15) is 0 Å². The van der Waals surface area contributed by atoms with E-state index in [1.54, 1.807) is 6.07 Å². The molecule has 4 heteroatoms. The third-order valence-electron chi connectivity index (χ3n) is 2.15. The normalized spacial score (nSPS) is 11.8. The predicted octanol–water partition coefficient (Wildman–Crippen LogP) is 3.16. The summed E-state index contributed by atoms with van der Waals surface area (Å²) in [5.74, 6) is 5.06. The summed E-state index contributed by atoms with van der Waals surface area (Å²) < 4.78 is 0. The lowest BCUT2D eigenvalue weighted by atomic mass is 9.86. The van der Waals surface area contributed by atoms with E-state index in [0.717, 1.165) is 5.56 Å².